The Hall–Kier alpha value is -3.35. The first kappa shape index (κ1) is 27.8. The number of nitrogens with one attached hydrogen (secondary N) is 1. The molecule has 0 amide bonds. The van der Waals surface area contributed by atoms with Crippen LogP contribution in [-0.2, 0) is 6.61 Å². The lowest BCUT2D eigenvalue weighted by atomic mass is 9.76. The van der Waals surface area contributed by atoms with Crippen molar-refractivity contribution in [3.8, 4) is 11.5 Å². The Morgan fingerprint density at radius 2 is 1.76 bits per heavy atom. The molecule has 0 saturated heterocycles. The number of aliphatic imine (C=N–C) groups is 1. The minimum absolute atomic E-state index is 0.276. The third-order valence-electron chi connectivity index (χ3n) is 7.76. The molecule has 6 heteroatoms. The van der Waals surface area contributed by atoms with Crippen molar-refractivity contribution >= 4 is 49.4 Å². The molecule has 1 heterocycles. The molecule has 0 bridgehead atoms. The van der Waals surface area contributed by atoms with Gasteiger partial charge in [0.2, 0.25) is 0 Å². The summed E-state index contributed by atoms with van der Waals surface area (Å²) in [6, 6.07) is 27.7. The Bertz CT molecular complexity index is 1600. The van der Waals surface area contributed by atoms with E-state index in [0.717, 1.165) is 32.2 Å². The third-order valence-corrected chi connectivity index (χ3v) is 8.88. The van der Waals surface area contributed by atoms with Gasteiger partial charge in [-0.3, -0.25) is 4.99 Å². The SMILES string of the molecule is CCOc1cc(C=Nc2ccc([C@@H]3Nc4ccc(C)cc4[C@H]4C=CC[C@H]43)cc2)cc(Br)c1OCc1ccc(Br)cc1. The number of allylic oxidation sites excluding steroid dienone is 2. The molecule has 4 aromatic rings. The number of hydrogen-bond acceptors (Lipinski definition) is 4. The van der Waals surface area contributed by atoms with Crippen LogP contribution in [0.1, 0.15) is 53.1 Å². The first-order valence-electron chi connectivity index (χ1n) is 14.0. The van der Waals surface area contributed by atoms with Gasteiger partial charge >= 0.3 is 0 Å². The second-order valence-corrected chi connectivity index (χ2v) is 12.4. The molecule has 0 aromatic heterocycles. The van der Waals surface area contributed by atoms with E-state index in [2.05, 4.69) is 98.7 Å². The maximum atomic E-state index is 6.15. The fraction of sp³-hybridized carbons (Fsp3) is 0.229. The van der Waals surface area contributed by atoms with Crippen molar-refractivity contribution < 1.29 is 9.47 Å². The molecule has 2 aliphatic rings. The first-order chi connectivity index (χ1) is 20.0. The summed E-state index contributed by atoms with van der Waals surface area (Å²) in [5.74, 6) is 2.37. The summed E-state index contributed by atoms with van der Waals surface area (Å²) in [5, 5.41) is 3.83. The van der Waals surface area contributed by atoms with E-state index in [1.165, 1.54) is 22.4 Å². The van der Waals surface area contributed by atoms with Crippen LogP contribution >= 0.6 is 31.9 Å². The average molecular weight is 672 g/mol. The van der Waals surface area contributed by atoms with Crippen LogP contribution in [0.5, 0.6) is 11.5 Å². The van der Waals surface area contributed by atoms with Gasteiger partial charge in [-0.15, -0.1) is 0 Å². The van der Waals surface area contributed by atoms with Gasteiger partial charge in [-0.05, 0) is 107 Å². The largest absolute Gasteiger partial charge is 0.490 e. The van der Waals surface area contributed by atoms with Crippen molar-refractivity contribution in [2.75, 3.05) is 11.9 Å². The van der Waals surface area contributed by atoms with E-state index in [0.29, 0.717) is 36.5 Å². The van der Waals surface area contributed by atoms with Crippen LogP contribution in [-0.4, -0.2) is 12.8 Å². The van der Waals surface area contributed by atoms with E-state index >= 15 is 0 Å². The Labute approximate surface area is 258 Å². The molecular formula is C35H32Br2N2O2. The molecule has 0 spiro atoms. The number of anilines is 1. The summed E-state index contributed by atoms with van der Waals surface area (Å²) >= 11 is 7.16. The van der Waals surface area contributed by atoms with Crippen molar-refractivity contribution in [1.29, 1.82) is 0 Å². The summed E-state index contributed by atoms with van der Waals surface area (Å²) in [7, 11) is 0. The zero-order valence-electron chi connectivity index (χ0n) is 23.1. The minimum Gasteiger partial charge on any atom is -0.490 e. The average Bonchev–Trinajstić information content (AvgIpc) is 3.47. The second kappa shape index (κ2) is 12.3. The zero-order chi connectivity index (χ0) is 28.3. The maximum absolute atomic E-state index is 6.15. The van der Waals surface area contributed by atoms with Gasteiger partial charge in [0.15, 0.2) is 11.5 Å². The highest BCUT2D eigenvalue weighted by Crippen LogP contribution is 2.50. The maximum Gasteiger partial charge on any atom is 0.175 e. The summed E-state index contributed by atoms with van der Waals surface area (Å²) in [4.78, 5) is 4.77. The number of aryl methyl sites for hydroxylation is 1. The van der Waals surface area contributed by atoms with Crippen LogP contribution in [0.25, 0.3) is 0 Å². The fourth-order valence-corrected chi connectivity index (χ4v) is 6.60. The van der Waals surface area contributed by atoms with Gasteiger partial charge in [0, 0.05) is 22.3 Å². The number of ether oxygens (including phenoxy) is 2. The highest BCUT2D eigenvalue weighted by Gasteiger charge is 2.37. The molecule has 1 aliphatic heterocycles. The summed E-state index contributed by atoms with van der Waals surface area (Å²) in [5.41, 5.74) is 8.20. The quantitative estimate of drug-likeness (QED) is 0.150. The molecule has 4 nitrogen and oxygen atoms in total. The number of benzene rings is 4. The van der Waals surface area contributed by atoms with Crippen LogP contribution in [0.3, 0.4) is 0 Å². The molecule has 1 N–H and O–H groups in total. The van der Waals surface area contributed by atoms with E-state index in [4.69, 9.17) is 14.5 Å². The predicted octanol–water partition coefficient (Wildman–Crippen LogP) is 10.1. The number of fused-ring (bicyclic) bond motifs is 3. The lowest BCUT2D eigenvalue weighted by Crippen LogP contribution is -2.29. The van der Waals surface area contributed by atoms with Crippen molar-refractivity contribution in [3.05, 3.63) is 128 Å². The highest BCUT2D eigenvalue weighted by molar-refractivity contribution is 9.10. The smallest absolute Gasteiger partial charge is 0.175 e. The van der Waals surface area contributed by atoms with Gasteiger partial charge in [-0.25, -0.2) is 0 Å². The molecular weight excluding hydrogens is 640 g/mol. The summed E-state index contributed by atoms with van der Waals surface area (Å²) in [6.45, 7) is 5.13. The zero-order valence-corrected chi connectivity index (χ0v) is 26.3. The topological polar surface area (TPSA) is 42.8 Å². The molecule has 0 unspecified atom stereocenters. The van der Waals surface area contributed by atoms with Crippen molar-refractivity contribution in [2.24, 2.45) is 10.9 Å². The van der Waals surface area contributed by atoms with Crippen molar-refractivity contribution in [3.63, 3.8) is 0 Å². The summed E-state index contributed by atoms with van der Waals surface area (Å²) < 4.78 is 14.0. The van der Waals surface area contributed by atoms with Gasteiger partial charge in [0.1, 0.15) is 6.61 Å². The van der Waals surface area contributed by atoms with Crippen LogP contribution in [0.2, 0.25) is 0 Å². The standard InChI is InChI=1S/C35H32Br2N2O2/c1-3-40-33-19-24(18-31(37)35(33)41-21-23-8-12-26(36)13-9-23)20-38-27-14-10-25(11-15-27)34-29-6-4-5-28(29)30-17-22(2)7-16-32(30)39-34/h4-5,7-20,28-29,34,39H,3,6,21H2,1-2H3/t28-,29+,34-/m0/s1. The van der Waals surface area contributed by atoms with Crippen molar-refractivity contribution in [2.45, 2.75) is 38.8 Å². The summed E-state index contributed by atoms with van der Waals surface area (Å²) in [6.07, 6.45) is 7.69. The third kappa shape index (κ3) is 6.14. The highest BCUT2D eigenvalue weighted by atomic mass is 79.9. The van der Waals surface area contributed by atoms with E-state index in [-0.39, 0.29) is 6.04 Å². The van der Waals surface area contributed by atoms with Crippen LogP contribution < -0.4 is 14.8 Å². The lowest BCUT2D eigenvalue weighted by Gasteiger charge is -2.37. The lowest BCUT2D eigenvalue weighted by molar-refractivity contribution is 0.267. The van der Waals surface area contributed by atoms with E-state index < -0.39 is 0 Å². The molecule has 3 atom stereocenters. The van der Waals surface area contributed by atoms with E-state index in [1.54, 1.807) is 0 Å². The van der Waals surface area contributed by atoms with Gasteiger partial charge in [-0.2, -0.15) is 0 Å². The molecule has 1 aliphatic carbocycles. The number of rotatable bonds is 8. The number of halogens is 2. The number of nitrogens with zero attached hydrogens (tertiary/aromatic N) is 1. The Balaban J connectivity index is 1.17. The Kier molecular flexibility index (Phi) is 8.31. The molecule has 0 fully saturated rings. The monoisotopic (exact) mass is 670 g/mol. The Morgan fingerprint density at radius 1 is 0.951 bits per heavy atom. The van der Waals surface area contributed by atoms with Gasteiger partial charge in [-0.1, -0.05) is 70.0 Å². The number of hydrogen-bond donors (Lipinski definition) is 1. The molecule has 208 valence electrons. The fourth-order valence-electron chi connectivity index (χ4n) is 5.76. The molecule has 4 aromatic carbocycles. The molecule has 41 heavy (non-hydrogen) atoms. The van der Waals surface area contributed by atoms with Gasteiger partial charge in [0.25, 0.3) is 0 Å². The molecule has 0 saturated carbocycles. The molecule has 6 rings (SSSR count). The van der Waals surface area contributed by atoms with Crippen LogP contribution in [0.4, 0.5) is 11.4 Å². The van der Waals surface area contributed by atoms with E-state index in [1.807, 2.05) is 49.5 Å². The van der Waals surface area contributed by atoms with Crippen molar-refractivity contribution in [1.82, 2.24) is 0 Å². The molecule has 0 radical (unpaired) electrons. The Morgan fingerprint density at radius 3 is 2.54 bits per heavy atom. The normalized spacial score (nSPS) is 19.1. The van der Waals surface area contributed by atoms with Crippen LogP contribution in [0.15, 0.2) is 105 Å². The predicted molar refractivity (Wildman–Crippen MR) is 175 cm³/mol. The van der Waals surface area contributed by atoms with Gasteiger partial charge < -0.3 is 14.8 Å². The van der Waals surface area contributed by atoms with E-state index in [9.17, 15) is 0 Å². The second-order valence-electron chi connectivity index (χ2n) is 10.6. The van der Waals surface area contributed by atoms with Crippen LogP contribution in [0, 0.1) is 12.8 Å². The van der Waals surface area contributed by atoms with Gasteiger partial charge in [0.05, 0.1) is 22.8 Å². The minimum atomic E-state index is 0.276. The first-order valence-corrected chi connectivity index (χ1v) is 15.6.